The standard InChI is InChI=1S/C16H15N3O2/c17-10-13-3-6-16-14(9-13)7-8-18(16)11-12-1-4-15(5-2-12)19(20)21/h1-9H,10-11,17H2. The van der Waals surface area contributed by atoms with Crippen LogP contribution in [0.5, 0.6) is 0 Å². The van der Waals surface area contributed by atoms with Gasteiger partial charge < -0.3 is 10.3 Å². The second-order valence-corrected chi connectivity index (χ2v) is 4.96. The van der Waals surface area contributed by atoms with Gasteiger partial charge in [-0.25, -0.2) is 0 Å². The van der Waals surface area contributed by atoms with E-state index in [-0.39, 0.29) is 10.6 Å². The van der Waals surface area contributed by atoms with Crippen molar-refractivity contribution < 1.29 is 4.92 Å². The number of benzene rings is 2. The molecule has 0 amide bonds. The summed E-state index contributed by atoms with van der Waals surface area (Å²) < 4.78 is 2.12. The van der Waals surface area contributed by atoms with Gasteiger partial charge in [-0.3, -0.25) is 10.1 Å². The van der Waals surface area contributed by atoms with E-state index in [0.717, 1.165) is 22.0 Å². The number of nitrogens with two attached hydrogens (primary N) is 1. The van der Waals surface area contributed by atoms with Gasteiger partial charge in [-0.15, -0.1) is 0 Å². The van der Waals surface area contributed by atoms with Crippen molar-refractivity contribution in [3.63, 3.8) is 0 Å². The van der Waals surface area contributed by atoms with Crippen LogP contribution in [0.15, 0.2) is 54.7 Å². The van der Waals surface area contributed by atoms with Crippen LogP contribution >= 0.6 is 0 Å². The Morgan fingerprint density at radius 2 is 1.76 bits per heavy atom. The molecule has 0 spiro atoms. The minimum Gasteiger partial charge on any atom is -0.343 e. The fourth-order valence-electron chi connectivity index (χ4n) is 2.43. The van der Waals surface area contributed by atoms with Crippen molar-refractivity contribution in [1.82, 2.24) is 4.57 Å². The summed E-state index contributed by atoms with van der Waals surface area (Å²) in [6.45, 7) is 1.22. The monoisotopic (exact) mass is 281 g/mol. The van der Waals surface area contributed by atoms with Gasteiger partial charge in [-0.1, -0.05) is 18.2 Å². The van der Waals surface area contributed by atoms with Crippen molar-refractivity contribution in [2.75, 3.05) is 0 Å². The van der Waals surface area contributed by atoms with E-state index in [0.29, 0.717) is 13.1 Å². The first-order valence-corrected chi connectivity index (χ1v) is 6.68. The quantitative estimate of drug-likeness (QED) is 0.590. The lowest BCUT2D eigenvalue weighted by Crippen LogP contribution is -1.99. The molecule has 0 atom stereocenters. The largest absolute Gasteiger partial charge is 0.343 e. The summed E-state index contributed by atoms with van der Waals surface area (Å²) in [6, 6.07) is 14.9. The second-order valence-electron chi connectivity index (χ2n) is 4.96. The Balaban J connectivity index is 1.89. The lowest BCUT2D eigenvalue weighted by molar-refractivity contribution is -0.384. The molecule has 0 saturated carbocycles. The second kappa shape index (κ2) is 5.38. The Hall–Kier alpha value is -2.66. The zero-order valence-electron chi connectivity index (χ0n) is 11.4. The first-order valence-electron chi connectivity index (χ1n) is 6.68. The van der Waals surface area contributed by atoms with Gasteiger partial charge in [0, 0.05) is 36.9 Å². The molecule has 1 aromatic heterocycles. The van der Waals surface area contributed by atoms with Crippen LogP contribution in [-0.2, 0) is 13.1 Å². The number of rotatable bonds is 4. The van der Waals surface area contributed by atoms with Gasteiger partial charge in [-0.2, -0.15) is 0 Å². The molecule has 0 fully saturated rings. The molecule has 3 aromatic rings. The third-order valence-corrected chi connectivity index (χ3v) is 3.57. The lowest BCUT2D eigenvalue weighted by atomic mass is 10.1. The third-order valence-electron chi connectivity index (χ3n) is 3.57. The van der Waals surface area contributed by atoms with Gasteiger partial charge in [0.1, 0.15) is 0 Å². The molecule has 3 rings (SSSR count). The third kappa shape index (κ3) is 2.64. The van der Waals surface area contributed by atoms with Gasteiger partial charge in [0.15, 0.2) is 0 Å². The maximum absolute atomic E-state index is 10.7. The molecule has 0 saturated heterocycles. The highest BCUT2D eigenvalue weighted by Crippen LogP contribution is 2.20. The van der Waals surface area contributed by atoms with E-state index < -0.39 is 0 Å². The van der Waals surface area contributed by atoms with Gasteiger partial charge in [0.2, 0.25) is 0 Å². The molecule has 106 valence electrons. The summed E-state index contributed by atoms with van der Waals surface area (Å²) in [5.41, 5.74) is 9.03. The SMILES string of the molecule is NCc1ccc2c(ccn2Cc2ccc([N+](=O)[O-])cc2)c1. The van der Waals surface area contributed by atoms with E-state index in [9.17, 15) is 10.1 Å². The fourth-order valence-corrected chi connectivity index (χ4v) is 2.43. The molecular formula is C16H15N3O2. The fraction of sp³-hybridized carbons (Fsp3) is 0.125. The summed E-state index contributed by atoms with van der Waals surface area (Å²) >= 11 is 0. The number of non-ortho nitro benzene ring substituents is 1. The molecule has 2 N–H and O–H groups in total. The highest BCUT2D eigenvalue weighted by Gasteiger charge is 2.06. The summed E-state index contributed by atoms with van der Waals surface area (Å²) in [4.78, 5) is 10.3. The van der Waals surface area contributed by atoms with Crippen LogP contribution in [0.25, 0.3) is 10.9 Å². The molecule has 2 aromatic carbocycles. The van der Waals surface area contributed by atoms with Crippen LogP contribution < -0.4 is 5.73 Å². The van der Waals surface area contributed by atoms with E-state index in [1.807, 2.05) is 12.3 Å². The van der Waals surface area contributed by atoms with Gasteiger partial charge in [0.05, 0.1) is 4.92 Å². The number of fused-ring (bicyclic) bond motifs is 1. The summed E-state index contributed by atoms with van der Waals surface area (Å²) in [5, 5.41) is 11.8. The Morgan fingerprint density at radius 3 is 2.43 bits per heavy atom. The average molecular weight is 281 g/mol. The first kappa shape index (κ1) is 13.3. The Labute approximate surface area is 121 Å². The number of nitrogens with zero attached hydrogens (tertiary/aromatic N) is 2. The molecule has 21 heavy (non-hydrogen) atoms. The molecular weight excluding hydrogens is 266 g/mol. The van der Waals surface area contributed by atoms with Crippen LogP contribution in [0, 0.1) is 10.1 Å². The first-order chi connectivity index (χ1) is 10.2. The van der Waals surface area contributed by atoms with Gasteiger partial charge >= 0.3 is 0 Å². The van der Waals surface area contributed by atoms with Crippen LogP contribution in [0.1, 0.15) is 11.1 Å². The summed E-state index contributed by atoms with van der Waals surface area (Å²) in [7, 11) is 0. The van der Waals surface area contributed by atoms with Crippen LogP contribution in [-0.4, -0.2) is 9.49 Å². The summed E-state index contributed by atoms with van der Waals surface area (Å²) in [5.74, 6) is 0. The van der Waals surface area contributed by atoms with Crippen molar-refractivity contribution in [3.05, 3.63) is 76.0 Å². The molecule has 1 heterocycles. The molecule has 0 unspecified atom stereocenters. The van der Waals surface area contributed by atoms with E-state index in [1.54, 1.807) is 12.1 Å². The van der Waals surface area contributed by atoms with E-state index >= 15 is 0 Å². The van der Waals surface area contributed by atoms with Crippen LogP contribution in [0.2, 0.25) is 0 Å². The van der Waals surface area contributed by atoms with Crippen LogP contribution in [0.3, 0.4) is 0 Å². The highest BCUT2D eigenvalue weighted by molar-refractivity contribution is 5.81. The average Bonchev–Trinajstić information content (AvgIpc) is 2.90. The number of hydrogen-bond acceptors (Lipinski definition) is 3. The predicted molar refractivity (Wildman–Crippen MR) is 82.0 cm³/mol. The minimum atomic E-state index is -0.386. The maximum Gasteiger partial charge on any atom is 0.269 e. The number of nitro benzene ring substituents is 1. The van der Waals surface area contributed by atoms with E-state index in [1.165, 1.54) is 12.1 Å². The van der Waals surface area contributed by atoms with Crippen molar-refractivity contribution in [1.29, 1.82) is 0 Å². The predicted octanol–water partition coefficient (Wildman–Crippen LogP) is 3.06. The zero-order chi connectivity index (χ0) is 14.8. The van der Waals surface area contributed by atoms with E-state index in [4.69, 9.17) is 5.73 Å². The van der Waals surface area contributed by atoms with Gasteiger partial charge in [-0.05, 0) is 34.7 Å². The smallest absolute Gasteiger partial charge is 0.269 e. The molecule has 0 aliphatic rings. The van der Waals surface area contributed by atoms with Crippen molar-refractivity contribution in [2.24, 2.45) is 5.73 Å². The topological polar surface area (TPSA) is 74.1 Å². The zero-order valence-corrected chi connectivity index (χ0v) is 11.4. The van der Waals surface area contributed by atoms with Crippen molar-refractivity contribution in [2.45, 2.75) is 13.1 Å². The van der Waals surface area contributed by atoms with E-state index in [2.05, 4.69) is 22.8 Å². The number of nitro groups is 1. The normalized spacial score (nSPS) is 10.9. The lowest BCUT2D eigenvalue weighted by Gasteiger charge is -2.06. The Morgan fingerprint density at radius 1 is 1.05 bits per heavy atom. The van der Waals surface area contributed by atoms with Crippen molar-refractivity contribution >= 4 is 16.6 Å². The molecule has 0 radical (unpaired) electrons. The summed E-state index contributed by atoms with van der Waals surface area (Å²) in [6.07, 6.45) is 2.02. The number of aromatic nitrogens is 1. The molecule has 0 aliphatic carbocycles. The molecule has 5 nitrogen and oxygen atoms in total. The molecule has 0 bridgehead atoms. The highest BCUT2D eigenvalue weighted by atomic mass is 16.6. The maximum atomic E-state index is 10.7. The van der Waals surface area contributed by atoms with Gasteiger partial charge in [0.25, 0.3) is 5.69 Å². The van der Waals surface area contributed by atoms with Crippen LogP contribution in [0.4, 0.5) is 5.69 Å². The molecule has 5 heteroatoms. The molecule has 0 aliphatic heterocycles. The number of hydrogen-bond donors (Lipinski definition) is 1. The van der Waals surface area contributed by atoms with Crippen molar-refractivity contribution in [3.8, 4) is 0 Å². The Kier molecular flexibility index (Phi) is 3.41. The Bertz CT molecular complexity index is 791. The minimum absolute atomic E-state index is 0.115.